The fourth-order valence-corrected chi connectivity index (χ4v) is 9.64. The molecule has 0 spiro atoms. The number of likely N-dealkylation sites (N-methyl/N-ethyl adjacent to an activating group) is 1. The maximum atomic E-state index is 14.6. The number of carbonyl (C=O) groups excluding carboxylic acids is 5. The molecule has 3 amide bonds. The lowest BCUT2D eigenvalue weighted by Gasteiger charge is -2.39. The summed E-state index contributed by atoms with van der Waals surface area (Å²) in [5, 5.41) is 8.09. The van der Waals surface area contributed by atoms with Gasteiger partial charge in [-0.2, -0.15) is 0 Å². The molecule has 0 bridgehead atoms. The predicted octanol–water partition coefficient (Wildman–Crippen LogP) is 8.01. The topological polar surface area (TPSA) is 153 Å². The lowest BCUT2D eigenvalue weighted by Crippen LogP contribution is -2.60. The zero-order valence-electron chi connectivity index (χ0n) is 35.3. The summed E-state index contributed by atoms with van der Waals surface area (Å²) in [6, 6.07) is 25.1. The van der Waals surface area contributed by atoms with Crippen LogP contribution < -0.4 is 10.6 Å². The number of amides is 3. The van der Waals surface area contributed by atoms with Gasteiger partial charge in [0.15, 0.2) is 6.10 Å². The summed E-state index contributed by atoms with van der Waals surface area (Å²) < 4.78 is 16.7. The molecule has 1 heterocycles. The summed E-state index contributed by atoms with van der Waals surface area (Å²) in [5.41, 5.74) is 4.46. The van der Waals surface area contributed by atoms with Gasteiger partial charge in [-0.15, -0.1) is 11.3 Å². The minimum Gasteiger partial charge on any atom is -0.469 e. The number of aromatic nitrogens is 1. The fourth-order valence-electron chi connectivity index (χ4n) is 8.80. The standard InChI is InChI=1S/C47H56N4O8S/c1-29(2)40(26-41(59-31(4)52)43-49-39(28-60-43)42(53)48-33(24-30(3)44(54)57-6)25-32-16-8-7-9-17-32)51(5)45(55)47(22-14-15-23-47)50-46(56)58-27-38-36-20-12-10-18-34(36)35-19-11-13-21-37(35)38/h7-13,16-21,28-30,33,38,40-41H,14-15,22-27H2,1-6H3,(H,48,53)(H,50,56)/t30-,33+,40+,41-/m1/s1. The van der Waals surface area contributed by atoms with Crippen molar-refractivity contribution in [2.75, 3.05) is 20.8 Å². The van der Waals surface area contributed by atoms with Crippen molar-refractivity contribution >= 4 is 41.2 Å². The van der Waals surface area contributed by atoms with E-state index in [0.29, 0.717) is 30.7 Å². The summed E-state index contributed by atoms with van der Waals surface area (Å²) in [4.78, 5) is 72.9. The first kappa shape index (κ1) is 44.0. The van der Waals surface area contributed by atoms with E-state index in [-0.39, 0.29) is 42.4 Å². The molecule has 60 heavy (non-hydrogen) atoms. The van der Waals surface area contributed by atoms with Gasteiger partial charge in [-0.1, -0.05) is 112 Å². The number of methoxy groups -OCH3 is 1. The molecule has 1 fully saturated rings. The molecule has 2 N–H and O–H groups in total. The average Bonchev–Trinajstić information content (AvgIpc) is 4.00. The molecule has 2 aliphatic carbocycles. The quantitative estimate of drug-likeness (QED) is 0.0796. The van der Waals surface area contributed by atoms with E-state index in [0.717, 1.165) is 40.7 Å². The van der Waals surface area contributed by atoms with Gasteiger partial charge in [0.2, 0.25) is 5.91 Å². The second-order valence-corrected chi connectivity index (χ2v) is 17.3. The zero-order valence-corrected chi connectivity index (χ0v) is 36.1. The number of thiazole rings is 1. The van der Waals surface area contributed by atoms with Crippen LogP contribution in [0.5, 0.6) is 0 Å². The average molecular weight is 837 g/mol. The van der Waals surface area contributed by atoms with Gasteiger partial charge in [0, 0.05) is 43.8 Å². The van der Waals surface area contributed by atoms with Crippen molar-refractivity contribution < 1.29 is 38.2 Å². The molecule has 0 radical (unpaired) electrons. The first-order valence-corrected chi connectivity index (χ1v) is 21.6. The third-order valence-corrected chi connectivity index (χ3v) is 12.8. The molecule has 2 aliphatic rings. The third kappa shape index (κ3) is 10.2. The van der Waals surface area contributed by atoms with Gasteiger partial charge < -0.3 is 29.7 Å². The lowest BCUT2D eigenvalue weighted by atomic mass is 9.91. The summed E-state index contributed by atoms with van der Waals surface area (Å²) in [6.45, 7) is 7.19. The fraction of sp³-hybridized carbons (Fsp3) is 0.447. The number of alkyl carbamates (subject to hydrolysis) is 1. The van der Waals surface area contributed by atoms with Crippen LogP contribution in [0.2, 0.25) is 0 Å². The molecular formula is C47H56N4O8S. The number of esters is 2. The molecule has 1 aromatic heterocycles. The van der Waals surface area contributed by atoms with Crippen LogP contribution in [0.25, 0.3) is 11.1 Å². The number of ether oxygens (including phenoxy) is 3. The van der Waals surface area contributed by atoms with Crippen molar-refractivity contribution in [3.63, 3.8) is 0 Å². The van der Waals surface area contributed by atoms with Crippen LogP contribution >= 0.6 is 11.3 Å². The predicted molar refractivity (Wildman–Crippen MR) is 229 cm³/mol. The number of rotatable bonds is 17. The highest BCUT2D eigenvalue weighted by Crippen LogP contribution is 2.44. The van der Waals surface area contributed by atoms with Gasteiger partial charge in [0.05, 0.1) is 13.0 Å². The zero-order chi connectivity index (χ0) is 43.0. The Bertz CT molecular complexity index is 2100. The van der Waals surface area contributed by atoms with Crippen LogP contribution in [0.1, 0.15) is 110 Å². The van der Waals surface area contributed by atoms with Gasteiger partial charge in [0.1, 0.15) is 22.8 Å². The van der Waals surface area contributed by atoms with Crippen molar-refractivity contribution in [1.29, 1.82) is 0 Å². The van der Waals surface area contributed by atoms with Crippen LogP contribution in [0, 0.1) is 11.8 Å². The Morgan fingerprint density at radius 3 is 2.10 bits per heavy atom. The molecule has 13 heteroatoms. The third-order valence-electron chi connectivity index (χ3n) is 11.8. The highest BCUT2D eigenvalue weighted by atomic mass is 32.1. The van der Waals surface area contributed by atoms with Crippen LogP contribution in [0.3, 0.4) is 0 Å². The Morgan fingerprint density at radius 1 is 0.883 bits per heavy atom. The molecule has 4 aromatic rings. The van der Waals surface area contributed by atoms with Gasteiger partial charge in [0.25, 0.3) is 5.91 Å². The van der Waals surface area contributed by atoms with Crippen molar-refractivity contribution in [3.8, 4) is 11.1 Å². The van der Waals surface area contributed by atoms with E-state index < -0.39 is 47.6 Å². The van der Waals surface area contributed by atoms with Gasteiger partial charge >= 0.3 is 18.0 Å². The number of nitrogens with zero attached hydrogens (tertiary/aromatic N) is 2. The van der Waals surface area contributed by atoms with Crippen molar-refractivity contribution in [2.45, 2.75) is 102 Å². The molecule has 318 valence electrons. The van der Waals surface area contributed by atoms with Gasteiger partial charge in [-0.05, 0) is 59.4 Å². The second-order valence-electron chi connectivity index (χ2n) is 16.4. The summed E-state index contributed by atoms with van der Waals surface area (Å²) in [5.74, 6) is -2.20. The Labute approximate surface area is 356 Å². The highest BCUT2D eigenvalue weighted by Gasteiger charge is 2.47. The Kier molecular flexibility index (Phi) is 14.4. The minimum absolute atomic E-state index is 0.0804. The van der Waals surface area contributed by atoms with E-state index in [9.17, 15) is 24.0 Å². The minimum atomic E-state index is -1.16. The van der Waals surface area contributed by atoms with Crippen molar-refractivity contribution in [2.24, 2.45) is 11.8 Å². The molecule has 0 aliphatic heterocycles. The Morgan fingerprint density at radius 2 is 1.50 bits per heavy atom. The number of fused-ring (bicyclic) bond motifs is 3. The SMILES string of the molecule is COC(=O)[C@H](C)C[C@@H](Cc1ccccc1)NC(=O)c1csc([C@@H](C[C@@H](C(C)C)N(C)C(=O)C2(NC(=O)OCC3c4ccccc4-c4ccccc43)CCCC2)OC(C)=O)n1. The summed E-state index contributed by atoms with van der Waals surface area (Å²) >= 11 is 1.20. The largest absolute Gasteiger partial charge is 0.469 e. The number of nitrogens with one attached hydrogen (secondary N) is 2. The van der Waals surface area contributed by atoms with Crippen LogP contribution in [-0.2, 0) is 35.0 Å². The maximum Gasteiger partial charge on any atom is 0.408 e. The van der Waals surface area contributed by atoms with E-state index in [1.165, 1.54) is 25.4 Å². The first-order valence-electron chi connectivity index (χ1n) is 20.8. The van der Waals surface area contributed by atoms with E-state index >= 15 is 0 Å². The molecule has 3 aromatic carbocycles. The number of carbonyl (C=O) groups is 5. The van der Waals surface area contributed by atoms with Gasteiger partial charge in [-0.25, -0.2) is 9.78 Å². The molecule has 0 saturated heterocycles. The van der Waals surface area contributed by atoms with Crippen molar-refractivity contribution in [3.05, 3.63) is 112 Å². The van der Waals surface area contributed by atoms with E-state index in [4.69, 9.17) is 14.2 Å². The summed E-state index contributed by atoms with van der Waals surface area (Å²) in [7, 11) is 3.06. The van der Waals surface area contributed by atoms with E-state index in [1.54, 1.807) is 24.3 Å². The smallest absolute Gasteiger partial charge is 0.408 e. The lowest BCUT2D eigenvalue weighted by molar-refractivity contribution is -0.149. The second kappa shape index (κ2) is 19.7. The summed E-state index contributed by atoms with van der Waals surface area (Å²) in [6.07, 6.45) is 2.03. The first-order chi connectivity index (χ1) is 28.8. The van der Waals surface area contributed by atoms with Crippen LogP contribution in [0.15, 0.2) is 84.2 Å². The van der Waals surface area contributed by atoms with Gasteiger partial charge in [-0.3, -0.25) is 19.2 Å². The van der Waals surface area contributed by atoms with E-state index in [1.807, 2.05) is 68.4 Å². The maximum absolute atomic E-state index is 14.6. The molecule has 6 rings (SSSR count). The number of benzene rings is 3. The normalized spacial score (nSPS) is 16.1. The van der Waals surface area contributed by atoms with Crippen LogP contribution in [-0.4, -0.2) is 78.1 Å². The molecular weight excluding hydrogens is 781 g/mol. The monoisotopic (exact) mass is 836 g/mol. The Hall–Kier alpha value is -5.56. The molecule has 12 nitrogen and oxygen atoms in total. The number of hydrogen-bond acceptors (Lipinski definition) is 10. The molecule has 0 unspecified atom stereocenters. The number of hydrogen-bond donors (Lipinski definition) is 2. The van der Waals surface area contributed by atoms with E-state index in [2.05, 4.69) is 39.9 Å². The molecule has 1 saturated carbocycles. The molecule has 4 atom stereocenters. The highest BCUT2D eigenvalue weighted by molar-refractivity contribution is 7.09. The van der Waals surface area contributed by atoms with Crippen LogP contribution in [0.4, 0.5) is 4.79 Å². The Balaban J connectivity index is 1.14. The van der Waals surface area contributed by atoms with Crippen molar-refractivity contribution in [1.82, 2.24) is 20.5 Å².